The molecular formula is C15H12N2O3. The number of H-pyrrole nitrogens is 1. The van der Waals surface area contributed by atoms with Gasteiger partial charge < -0.3 is 10.1 Å². The molecule has 0 spiro atoms. The Kier molecular flexibility index (Phi) is 2.68. The molecule has 0 aliphatic carbocycles. The molecule has 0 radical (unpaired) electrons. The average molecular weight is 268 g/mol. The number of rotatable bonds is 2. The molecule has 5 nitrogen and oxygen atoms in total. The fourth-order valence-electron chi connectivity index (χ4n) is 2.19. The Morgan fingerprint density at radius 1 is 1.15 bits per heavy atom. The highest BCUT2D eigenvalue weighted by atomic mass is 16.4. The Morgan fingerprint density at radius 2 is 1.85 bits per heavy atom. The Bertz CT molecular complexity index is 857. The van der Waals surface area contributed by atoms with Gasteiger partial charge in [-0.15, -0.1) is 0 Å². The van der Waals surface area contributed by atoms with Crippen LogP contribution in [0.2, 0.25) is 0 Å². The van der Waals surface area contributed by atoms with Gasteiger partial charge in [0.15, 0.2) is 0 Å². The third-order valence-corrected chi connectivity index (χ3v) is 3.22. The summed E-state index contributed by atoms with van der Waals surface area (Å²) in [5.74, 6) is -1.02. The molecule has 1 heterocycles. The Balaban J connectivity index is 2.31. The summed E-state index contributed by atoms with van der Waals surface area (Å²) >= 11 is 0. The van der Waals surface area contributed by atoms with Crippen LogP contribution in [0, 0.1) is 6.92 Å². The van der Waals surface area contributed by atoms with Gasteiger partial charge in [-0.3, -0.25) is 4.57 Å². The number of hydrogen-bond donors (Lipinski definition) is 2. The Labute approximate surface area is 114 Å². The van der Waals surface area contributed by atoms with E-state index in [1.807, 2.05) is 31.2 Å². The standard InChI is InChI=1S/C15H12N2O3/c1-9-2-5-11(6-3-9)17-13-8-10(14(18)19)4-7-12(13)16-15(17)20/h2-8H,1H3,(H,16,20)(H,18,19). The van der Waals surface area contributed by atoms with Gasteiger partial charge in [-0.05, 0) is 37.3 Å². The molecule has 0 saturated heterocycles. The number of nitrogens with one attached hydrogen (secondary N) is 1. The number of nitrogens with zero attached hydrogens (tertiary/aromatic N) is 1. The quantitative estimate of drug-likeness (QED) is 0.749. The maximum atomic E-state index is 12.1. The van der Waals surface area contributed by atoms with Crippen molar-refractivity contribution in [3.05, 3.63) is 64.1 Å². The zero-order chi connectivity index (χ0) is 14.3. The van der Waals surface area contributed by atoms with Gasteiger partial charge in [0.25, 0.3) is 0 Å². The van der Waals surface area contributed by atoms with Gasteiger partial charge >= 0.3 is 11.7 Å². The van der Waals surface area contributed by atoms with E-state index in [1.54, 1.807) is 6.07 Å². The smallest absolute Gasteiger partial charge is 0.335 e. The molecule has 0 unspecified atom stereocenters. The van der Waals surface area contributed by atoms with E-state index in [0.29, 0.717) is 16.7 Å². The van der Waals surface area contributed by atoms with E-state index >= 15 is 0 Å². The van der Waals surface area contributed by atoms with Crippen molar-refractivity contribution >= 4 is 17.0 Å². The number of carboxylic acids is 1. The van der Waals surface area contributed by atoms with Crippen molar-refractivity contribution < 1.29 is 9.90 Å². The first kappa shape index (κ1) is 12.2. The van der Waals surface area contributed by atoms with E-state index in [2.05, 4.69) is 4.98 Å². The highest BCUT2D eigenvalue weighted by Gasteiger charge is 2.11. The molecule has 2 N–H and O–H groups in total. The maximum absolute atomic E-state index is 12.1. The molecule has 0 saturated carbocycles. The Morgan fingerprint density at radius 3 is 2.50 bits per heavy atom. The summed E-state index contributed by atoms with van der Waals surface area (Å²) in [5, 5.41) is 9.05. The summed E-state index contributed by atoms with van der Waals surface area (Å²) in [4.78, 5) is 25.8. The van der Waals surface area contributed by atoms with E-state index in [0.717, 1.165) is 5.56 Å². The number of aromatic nitrogens is 2. The third kappa shape index (κ3) is 1.89. The van der Waals surface area contributed by atoms with Crippen molar-refractivity contribution in [2.75, 3.05) is 0 Å². The van der Waals surface area contributed by atoms with Crippen LogP contribution in [0.5, 0.6) is 0 Å². The third-order valence-electron chi connectivity index (χ3n) is 3.22. The van der Waals surface area contributed by atoms with Gasteiger partial charge in [0.05, 0.1) is 22.3 Å². The summed E-state index contributed by atoms with van der Waals surface area (Å²) in [7, 11) is 0. The van der Waals surface area contributed by atoms with Gasteiger partial charge in [0.2, 0.25) is 0 Å². The van der Waals surface area contributed by atoms with Gasteiger partial charge in [-0.2, -0.15) is 0 Å². The monoisotopic (exact) mass is 268 g/mol. The van der Waals surface area contributed by atoms with Crippen molar-refractivity contribution in [1.29, 1.82) is 0 Å². The van der Waals surface area contributed by atoms with Crippen LogP contribution in [0.3, 0.4) is 0 Å². The van der Waals surface area contributed by atoms with E-state index < -0.39 is 5.97 Å². The van der Waals surface area contributed by atoms with Crippen molar-refractivity contribution in [1.82, 2.24) is 9.55 Å². The zero-order valence-corrected chi connectivity index (χ0v) is 10.8. The van der Waals surface area contributed by atoms with Crippen LogP contribution in [-0.2, 0) is 0 Å². The normalized spacial score (nSPS) is 10.8. The minimum Gasteiger partial charge on any atom is -0.478 e. The van der Waals surface area contributed by atoms with E-state index in [-0.39, 0.29) is 11.3 Å². The topological polar surface area (TPSA) is 75.1 Å². The fraction of sp³-hybridized carbons (Fsp3) is 0.0667. The molecule has 3 rings (SSSR count). The molecule has 2 aromatic carbocycles. The molecule has 0 atom stereocenters. The van der Waals surface area contributed by atoms with Crippen LogP contribution in [0.1, 0.15) is 15.9 Å². The molecule has 0 amide bonds. The number of hydrogen-bond acceptors (Lipinski definition) is 2. The van der Waals surface area contributed by atoms with Crippen molar-refractivity contribution in [3.63, 3.8) is 0 Å². The molecule has 20 heavy (non-hydrogen) atoms. The second-order valence-corrected chi connectivity index (χ2v) is 4.64. The largest absolute Gasteiger partial charge is 0.478 e. The lowest BCUT2D eigenvalue weighted by molar-refractivity contribution is 0.0697. The van der Waals surface area contributed by atoms with Gasteiger partial charge in [-0.1, -0.05) is 17.7 Å². The lowest BCUT2D eigenvalue weighted by Crippen LogP contribution is -2.14. The summed E-state index contributed by atoms with van der Waals surface area (Å²) in [6, 6.07) is 12.0. The number of carbonyl (C=O) groups is 1. The van der Waals surface area contributed by atoms with Crippen molar-refractivity contribution in [2.24, 2.45) is 0 Å². The van der Waals surface area contributed by atoms with E-state index in [4.69, 9.17) is 5.11 Å². The highest BCUT2D eigenvalue weighted by molar-refractivity contribution is 5.92. The highest BCUT2D eigenvalue weighted by Crippen LogP contribution is 2.17. The van der Waals surface area contributed by atoms with Crippen LogP contribution in [0.15, 0.2) is 47.3 Å². The summed E-state index contributed by atoms with van der Waals surface area (Å²) in [5.41, 5.74) is 2.82. The number of fused-ring (bicyclic) bond motifs is 1. The molecule has 3 aromatic rings. The number of imidazole rings is 1. The van der Waals surface area contributed by atoms with Crippen molar-refractivity contribution in [3.8, 4) is 5.69 Å². The minimum atomic E-state index is -1.02. The molecule has 0 fully saturated rings. The first-order valence-corrected chi connectivity index (χ1v) is 6.11. The lowest BCUT2D eigenvalue weighted by atomic mass is 10.2. The van der Waals surface area contributed by atoms with Gasteiger partial charge in [0, 0.05) is 0 Å². The predicted molar refractivity (Wildman–Crippen MR) is 75.6 cm³/mol. The summed E-state index contributed by atoms with van der Waals surface area (Å²) in [6.45, 7) is 1.96. The molecule has 100 valence electrons. The minimum absolute atomic E-state index is 0.150. The molecule has 1 aromatic heterocycles. The van der Waals surface area contributed by atoms with E-state index in [1.165, 1.54) is 16.7 Å². The molecule has 0 aliphatic heterocycles. The van der Waals surface area contributed by atoms with Crippen molar-refractivity contribution in [2.45, 2.75) is 6.92 Å². The van der Waals surface area contributed by atoms with Crippen LogP contribution in [0.4, 0.5) is 0 Å². The number of aromatic carboxylic acids is 1. The molecule has 0 aliphatic rings. The first-order valence-electron chi connectivity index (χ1n) is 6.11. The number of benzene rings is 2. The zero-order valence-electron chi connectivity index (χ0n) is 10.8. The molecule has 0 bridgehead atoms. The summed E-state index contributed by atoms with van der Waals surface area (Å²) in [6.07, 6.45) is 0. The Hall–Kier alpha value is -2.82. The lowest BCUT2D eigenvalue weighted by Gasteiger charge is -2.04. The maximum Gasteiger partial charge on any atom is 0.335 e. The van der Waals surface area contributed by atoms with Crippen LogP contribution in [0.25, 0.3) is 16.7 Å². The van der Waals surface area contributed by atoms with Gasteiger partial charge in [-0.25, -0.2) is 9.59 Å². The second kappa shape index (κ2) is 4.38. The number of carboxylic acid groups (broad SMARTS) is 1. The van der Waals surface area contributed by atoms with Crippen LogP contribution >= 0.6 is 0 Å². The predicted octanol–water partition coefficient (Wildman–Crippen LogP) is 2.33. The number of aryl methyl sites for hydroxylation is 1. The van der Waals surface area contributed by atoms with Crippen LogP contribution in [-0.4, -0.2) is 20.6 Å². The summed E-state index contributed by atoms with van der Waals surface area (Å²) < 4.78 is 1.47. The molecule has 5 heteroatoms. The molecular weight excluding hydrogens is 256 g/mol. The van der Waals surface area contributed by atoms with E-state index in [9.17, 15) is 9.59 Å². The number of aromatic amines is 1. The second-order valence-electron chi connectivity index (χ2n) is 4.64. The average Bonchev–Trinajstić information content (AvgIpc) is 2.75. The van der Waals surface area contributed by atoms with Gasteiger partial charge in [0.1, 0.15) is 0 Å². The SMILES string of the molecule is Cc1ccc(-n2c(=O)[nH]c3ccc(C(=O)O)cc32)cc1. The fourth-order valence-corrected chi connectivity index (χ4v) is 2.19. The first-order chi connectivity index (χ1) is 9.56. The van der Waals surface area contributed by atoms with Crippen LogP contribution < -0.4 is 5.69 Å².